The molecule has 0 heterocycles. The Labute approximate surface area is 143 Å². The second-order valence-corrected chi connectivity index (χ2v) is 7.17. The Hall–Kier alpha value is -1.06. The number of benzene rings is 1. The number of ether oxygens (including phenoxy) is 2. The van der Waals surface area contributed by atoms with E-state index in [4.69, 9.17) is 9.47 Å². The average Bonchev–Trinajstić information content (AvgIpc) is 2.50. The molecule has 3 nitrogen and oxygen atoms in total. The highest BCUT2D eigenvalue weighted by Gasteiger charge is 2.17. The third kappa shape index (κ3) is 9.62. The number of hydrogen-bond acceptors (Lipinski definition) is 3. The molecule has 0 bridgehead atoms. The zero-order chi connectivity index (χ0) is 17.1. The molecule has 0 amide bonds. The minimum atomic E-state index is 0.606. The van der Waals surface area contributed by atoms with Gasteiger partial charge in [0.2, 0.25) is 0 Å². The minimum Gasteiger partial charge on any atom is -0.491 e. The molecule has 132 valence electrons. The summed E-state index contributed by atoms with van der Waals surface area (Å²) in [6.45, 7) is 12.2. The van der Waals surface area contributed by atoms with Crippen molar-refractivity contribution in [3.63, 3.8) is 0 Å². The van der Waals surface area contributed by atoms with E-state index in [9.17, 15) is 0 Å². The molecule has 0 saturated heterocycles. The van der Waals surface area contributed by atoms with E-state index < -0.39 is 0 Å². The largest absolute Gasteiger partial charge is 0.491 e. The maximum atomic E-state index is 5.72. The number of para-hydroxylation sites is 1. The topological polar surface area (TPSA) is 21.7 Å². The van der Waals surface area contributed by atoms with E-state index in [0.717, 1.165) is 30.7 Å². The van der Waals surface area contributed by atoms with Gasteiger partial charge in [0, 0.05) is 12.6 Å². The highest BCUT2D eigenvalue weighted by molar-refractivity contribution is 5.20. The maximum Gasteiger partial charge on any atom is 0.119 e. The van der Waals surface area contributed by atoms with E-state index in [1.165, 1.54) is 12.8 Å². The molecular weight excluding hydrogens is 286 g/mol. The van der Waals surface area contributed by atoms with Crippen molar-refractivity contribution < 1.29 is 9.47 Å². The standard InChI is InChI=1S/C20H35NO2/c1-17(2)15-19(16-18(3)4)21(5)11-12-22-13-14-23-20-9-7-6-8-10-20/h6-10,17-19H,11-16H2,1-5H3. The summed E-state index contributed by atoms with van der Waals surface area (Å²) < 4.78 is 11.3. The molecule has 0 aliphatic heterocycles. The Balaban J connectivity index is 2.16. The van der Waals surface area contributed by atoms with Crippen molar-refractivity contribution >= 4 is 0 Å². The van der Waals surface area contributed by atoms with Crippen LogP contribution in [0.5, 0.6) is 5.75 Å². The van der Waals surface area contributed by atoms with Crippen LogP contribution in [0.4, 0.5) is 0 Å². The molecule has 0 aromatic heterocycles. The fraction of sp³-hybridized carbons (Fsp3) is 0.700. The van der Waals surface area contributed by atoms with Gasteiger partial charge in [0.15, 0.2) is 0 Å². The highest BCUT2D eigenvalue weighted by Crippen LogP contribution is 2.18. The number of likely N-dealkylation sites (N-methyl/N-ethyl adjacent to an activating group) is 1. The first-order valence-corrected chi connectivity index (χ1v) is 8.94. The second kappa shape index (κ2) is 11.5. The Morgan fingerprint density at radius 3 is 2.04 bits per heavy atom. The summed E-state index contributed by atoms with van der Waals surface area (Å²) in [5, 5.41) is 0. The summed E-state index contributed by atoms with van der Waals surface area (Å²) in [5.74, 6) is 2.38. The van der Waals surface area contributed by atoms with E-state index in [-0.39, 0.29) is 0 Å². The molecule has 3 heteroatoms. The van der Waals surface area contributed by atoms with Gasteiger partial charge in [-0.05, 0) is 43.9 Å². The Morgan fingerprint density at radius 1 is 0.870 bits per heavy atom. The molecule has 0 unspecified atom stereocenters. The summed E-state index contributed by atoms with van der Waals surface area (Å²) in [4.78, 5) is 2.46. The third-order valence-corrected chi connectivity index (χ3v) is 3.94. The Bertz CT molecular complexity index is 382. The van der Waals surface area contributed by atoms with Crippen LogP contribution in [0.25, 0.3) is 0 Å². The highest BCUT2D eigenvalue weighted by atomic mass is 16.5. The predicted octanol–water partition coefficient (Wildman–Crippen LogP) is 4.47. The van der Waals surface area contributed by atoms with Gasteiger partial charge in [0.05, 0.1) is 13.2 Å². The van der Waals surface area contributed by atoms with E-state index in [1.54, 1.807) is 0 Å². The summed E-state index contributed by atoms with van der Waals surface area (Å²) >= 11 is 0. The van der Waals surface area contributed by atoms with Gasteiger partial charge in [-0.25, -0.2) is 0 Å². The zero-order valence-corrected chi connectivity index (χ0v) is 15.6. The Morgan fingerprint density at radius 2 is 1.48 bits per heavy atom. The van der Waals surface area contributed by atoms with Crippen molar-refractivity contribution in [1.82, 2.24) is 4.90 Å². The predicted molar refractivity (Wildman–Crippen MR) is 98.1 cm³/mol. The number of rotatable bonds is 12. The lowest BCUT2D eigenvalue weighted by Crippen LogP contribution is -2.36. The van der Waals surface area contributed by atoms with Gasteiger partial charge >= 0.3 is 0 Å². The van der Waals surface area contributed by atoms with Crippen LogP contribution in [0.15, 0.2) is 30.3 Å². The van der Waals surface area contributed by atoms with Crippen molar-refractivity contribution in [2.24, 2.45) is 11.8 Å². The second-order valence-electron chi connectivity index (χ2n) is 7.17. The smallest absolute Gasteiger partial charge is 0.119 e. The van der Waals surface area contributed by atoms with Crippen molar-refractivity contribution in [2.45, 2.75) is 46.6 Å². The van der Waals surface area contributed by atoms with Crippen LogP contribution in [0.2, 0.25) is 0 Å². The Kier molecular flexibility index (Phi) is 9.97. The fourth-order valence-electron chi connectivity index (χ4n) is 2.77. The normalized spacial score (nSPS) is 11.9. The van der Waals surface area contributed by atoms with Gasteiger partial charge in [-0.2, -0.15) is 0 Å². The van der Waals surface area contributed by atoms with Crippen molar-refractivity contribution in [1.29, 1.82) is 0 Å². The number of hydrogen-bond donors (Lipinski definition) is 0. The van der Waals surface area contributed by atoms with E-state index >= 15 is 0 Å². The van der Waals surface area contributed by atoms with Crippen LogP contribution in [0, 0.1) is 11.8 Å². The van der Waals surface area contributed by atoms with E-state index in [1.807, 2.05) is 30.3 Å². The molecule has 1 rings (SSSR count). The van der Waals surface area contributed by atoms with E-state index in [0.29, 0.717) is 19.3 Å². The van der Waals surface area contributed by atoms with Crippen molar-refractivity contribution in [3.8, 4) is 5.75 Å². The lowest BCUT2D eigenvalue weighted by atomic mass is 9.94. The fourth-order valence-corrected chi connectivity index (χ4v) is 2.77. The molecule has 0 radical (unpaired) electrons. The van der Waals surface area contributed by atoms with Gasteiger partial charge in [-0.1, -0.05) is 45.9 Å². The third-order valence-electron chi connectivity index (χ3n) is 3.94. The molecule has 0 atom stereocenters. The van der Waals surface area contributed by atoms with Gasteiger partial charge in [0.25, 0.3) is 0 Å². The monoisotopic (exact) mass is 321 g/mol. The van der Waals surface area contributed by atoms with Crippen LogP contribution in [0.3, 0.4) is 0 Å². The molecule has 1 aromatic rings. The summed E-state index contributed by atoms with van der Waals surface area (Å²) in [7, 11) is 2.22. The first kappa shape index (κ1) is 20.0. The van der Waals surface area contributed by atoms with Gasteiger partial charge in [-0.3, -0.25) is 0 Å². The van der Waals surface area contributed by atoms with Crippen LogP contribution >= 0.6 is 0 Å². The maximum absolute atomic E-state index is 5.72. The quantitative estimate of drug-likeness (QED) is 0.530. The zero-order valence-electron chi connectivity index (χ0n) is 15.6. The molecule has 0 aliphatic rings. The molecule has 0 spiro atoms. The van der Waals surface area contributed by atoms with Gasteiger partial charge < -0.3 is 14.4 Å². The van der Waals surface area contributed by atoms with Crippen LogP contribution in [0.1, 0.15) is 40.5 Å². The minimum absolute atomic E-state index is 0.606. The van der Waals surface area contributed by atoms with Gasteiger partial charge in [-0.15, -0.1) is 0 Å². The lowest BCUT2D eigenvalue weighted by molar-refractivity contribution is 0.0700. The molecule has 0 saturated carbocycles. The first-order valence-electron chi connectivity index (χ1n) is 8.94. The molecule has 0 fully saturated rings. The van der Waals surface area contributed by atoms with Crippen molar-refractivity contribution in [2.75, 3.05) is 33.4 Å². The summed E-state index contributed by atoms with van der Waals surface area (Å²) in [6, 6.07) is 10.5. The van der Waals surface area contributed by atoms with Crippen LogP contribution < -0.4 is 4.74 Å². The van der Waals surface area contributed by atoms with Crippen LogP contribution in [-0.4, -0.2) is 44.4 Å². The van der Waals surface area contributed by atoms with E-state index in [2.05, 4.69) is 39.6 Å². The molecule has 0 N–H and O–H groups in total. The molecule has 1 aromatic carbocycles. The molecule has 0 aliphatic carbocycles. The van der Waals surface area contributed by atoms with Crippen molar-refractivity contribution in [3.05, 3.63) is 30.3 Å². The number of nitrogens with zero attached hydrogens (tertiary/aromatic N) is 1. The first-order chi connectivity index (χ1) is 11.0. The van der Waals surface area contributed by atoms with Crippen LogP contribution in [-0.2, 0) is 4.74 Å². The lowest BCUT2D eigenvalue weighted by Gasteiger charge is -2.30. The SMILES string of the molecule is CC(C)CC(CC(C)C)N(C)CCOCCOc1ccccc1. The summed E-state index contributed by atoms with van der Waals surface area (Å²) in [6.07, 6.45) is 2.51. The molecule has 23 heavy (non-hydrogen) atoms. The average molecular weight is 322 g/mol. The summed E-state index contributed by atoms with van der Waals surface area (Å²) in [5.41, 5.74) is 0. The molecular formula is C20H35NO2. The van der Waals surface area contributed by atoms with Gasteiger partial charge in [0.1, 0.15) is 12.4 Å².